The van der Waals surface area contributed by atoms with E-state index in [0.29, 0.717) is 5.92 Å². The van der Waals surface area contributed by atoms with E-state index in [9.17, 15) is 23.1 Å². The molecule has 4 rings (SSSR count). The summed E-state index contributed by atoms with van der Waals surface area (Å²) in [5.41, 5.74) is 0.360. The number of amides is 2. The van der Waals surface area contributed by atoms with Crippen LogP contribution in [-0.4, -0.2) is 94.9 Å². The average Bonchev–Trinajstić information content (AvgIpc) is 3.21. The number of β-amino-alcohol motifs (C(OH)–C–C–N with tert-alkyl or cyclic N) is 1. The first-order valence-corrected chi connectivity index (χ1v) is 15.1. The monoisotopic (exact) mass is 553 g/mol. The third kappa shape index (κ3) is 6.54. The molecule has 13 heteroatoms. The molecular formula is C25H43N7O5S. The van der Waals surface area contributed by atoms with E-state index in [4.69, 9.17) is 0 Å². The van der Waals surface area contributed by atoms with Crippen molar-refractivity contribution in [2.45, 2.75) is 95.9 Å². The summed E-state index contributed by atoms with van der Waals surface area (Å²) in [6.45, 7) is 5.99. The SMILES string of the molecule is CN(C)S(=O)(=O)NC(CNC(=O)C1CC(O)CN1C(=O)[C@@H](n1cc(C2CC2)nn1)C(C)(C)C)C1CCCC1. The van der Waals surface area contributed by atoms with E-state index in [1.165, 1.54) is 19.0 Å². The van der Waals surface area contributed by atoms with E-state index in [-0.39, 0.29) is 31.3 Å². The minimum absolute atomic E-state index is 0.0486. The number of aliphatic hydroxyl groups excluding tert-OH is 1. The van der Waals surface area contributed by atoms with E-state index in [1.54, 1.807) is 4.68 Å². The summed E-state index contributed by atoms with van der Waals surface area (Å²) in [4.78, 5) is 28.8. The summed E-state index contributed by atoms with van der Waals surface area (Å²) in [6, 6.07) is -2.01. The Morgan fingerprint density at radius 2 is 1.84 bits per heavy atom. The molecule has 0 aromatic carbocycles. The van der Waals surface area contributed by atoms with E-state index < -0.39 is 45.8 Å². The van der Waals surface area contributed by atoms with E-state index in [2.05, 4.69) is 20.4 Å². The Hall–Kier alpha value is -2.09. The van der Waals surface area contributed by atoms with Gasteiger partial charge in [-0.15, -0.1) is 5.10 Å². The number of hydrogen-bond donors (Lipinski definition) is 3. The lowest BCUT2D eigenvalue weighted by Gasteiger charge is -2.35. The predicted molar refractivity (Wildman–Crippen MR) is 141 cm³/mol. The fraction of sp³-hybridized carbons (Fsp3) is 0.840. The Balaban J connectivity index is 1.48. The van der Waals surface area contributed by atoms with Crippen LogP contribution in [0.5, 0.6) is 0 Å². The summed E-state index contributed by atoms with van der Waals surface area (Å²) >= 11 is 0. The van der Waals surface area contributed by atoms with Crippen molar-refractivity contribution < 1.29 is 23.1 Å². The maximum absolute atomic E-state index is 13.9. The summed E-state index contributed by atoms with van der Waals surface area (Å²) < 4.78 is 30.5. The minimum Gasteiger partial charge on any atom is -0.391 e. The molecule has 1 saturated heterocycles. The van der Waals surface area contributed by atoms with Gasteiger partial charge in [0, 0.05) is 51.8 Å². The molecule has 1 aliphatic heterocycles. The second-order valence-electron chi connectivity index (χ2n) is 12.4. The molecule has 38 heavy (non-hydrogen) atoms. The number of aliphatic hydroxyl groups is 1. The number of nitrogens with one attached hydrogen (secondary N) is 2. The molecule has 0 bridgehead atoms. The number of hydrogen-bond acceptors (Lipinski definition) is 7. The molecule has 2 saturated carbocycles. The number of rotatable bonds is 10. The number of carbonyl (C=O) groups is 2. The van der Waals surface area contributed by atoms with Crippen LogP contribution in [0.25, 0.3) is 0 Å². The molecule has 3 unspecified atom stereocenters. The van der Waals surface area contributed by atoms with Gasteiger partial charge in [0.2, 0.25) is 11.8 Å². The molecule has 2 aliphatic carbocycles. The maximum Gasteiger partial charge on any atom is 0.279 e. The molecule has 0 spiro atoms. The third-order valence-electron chi connectivity index (χ3n) is 7.95. The summed E-state index contributed by atoms with van der Waals surface area (Å²) in [5.74, 6) is -0.173. The van der Waals surface area contributed by atoms with Crippen LogP contribution in [0, 0.1) is 11.3 Å². The average molecular weight is 554 g/mol. The zero-order valence-corrected chi connectivity index (χ0v) is 23.9. The molecular weight excluding hydrogens is 510 g/mol. The van der Waals surface area contributed by atoms with Crippen LogP contribution >= 0.6 is 0 Å². The zero-order valence-electron chi connectivity index (χ0n) is 23.1. The lowest BCUT2D eigenvalue weighted by atomic mass is 9.85. The van der Waals surface area contributed by atoms with Gasteiger partial charge < -0.3 is 15.3 Å². The molecule has 4 atom stereocenters. The van der Waals surface area contributed by atoms with Crippen molar-refractivity contribution in [2.75, 3.05) is 27.2 Å². The molecule has 12 nitrogen and oxygen atoms in total. The highest BCUT2D eigenvalue weighted by molar-refractivity contribution is 7.87. The van der Waals surface area contributed by atoms with Crippen LogP contribution in [0.2, 0.25) is 0 Å². The van der Waals surface area contributed by atoms with Crippen molar-refractivity contribution in [2.24, 2.45) is 11.3 Å². The van der Waals surface area contributed by atoms with Gasteiger partial charge in [-0.2, -0.15) is 17.4 Å². The number of carbonyl (C=O) groups excluding carboxylic acids is 2. The van der Waals surface area contributed by atoms with Gasteiger partial charge in [0.15, 0.2) is 0 Å². The Bertz CT molecular complexity index is 1110. The fourth-order valence-electron chi connectivity index (χ4n) is 5.62. The van der Waals surface area contributed by atoms with Gasteiger partial charge in [0.05, 0.1) is 11.8 Å². The fourth-order valence-corrected chi connectivity index (χ4v) is 6.48. The van der Waals surface area contributed by atoms with E-state index in [1.807, 2.05) is 27.0 Å². The van der Waals surface area contributed by atoms with Gasteiger partial charge in [-0.05, 0) is 37.0 Å². The van der Waals surface area contributed by atoms with Gasteiger partial charge in [-0.3, -0.25) is 9.59 Å². The first kappa shape index (κ1) is 28.9. The van der Waals surface area contributed by atoms with Gasteiger partial charge in [-0.25, -0.2) is 4.68 Å². The van der Waals surface area contributed by atoms with Crippen LogP contribution in [0.1, 0.15) is 83.4 Å². The quantitative estimate of drug-likeness (QED) is 0.387. The topological polar surface area (TPSA) is 150 Å². The summed E-state index contributed by atoms with van der Waals surface area (Å²) in [6.07, 6.45) is 7.08. The van der Waals surface area contributed by atoms with Gasteiger partial charge in [0.1, 0.15) is 12.1 Å². The first-order chi connectivity index (χ1) is 17.8. The molecule has 0 radical (unpaired) electrons. The van der Waals surface area contributed by atoms with Crippen LogP contribution < -0.4 is 10.0 Å². The van der Waals surface area contributed by atoms with Crippen molar-refractivity contribution in [3.05, 3.63) is 11.9 Å². The molecule has 3 aliphatic rings. The van der Waals surface area contributed by atoms with Gasteiger partial charge >= 0.3 is 0 Å². The highest BCUT2D eigenvalue weighted by Gasteiger charge is 2.45. The third-order valence-corrected chi connectivity index (χ3v) is 9.52. The predicted octanol–water partition coefficient (Wildman–Crippen LogP) is 0.776. The van der Waals surface area contributed by atoms with Crippen LogP contribution in [0.4, 0.5) is 0 Å². The van der Waals surface area contributed by atoms with Crippen molar-refractivity contribution in [1.29, 1.82) is 0 Å². The molecule has 3 fully saturated rings. The smallest absolute Gasteiger partial charge is 0.279 e. The Kier molecular flexibility index (Phi) is 8.51. The second kappa shape index (κ2) is 11.2. The molecule has 1 aromatic heterocycles. The Morgan fingerprint density at radius 1 is 1.18 bits per heavy atom. The van der Waals surface area contributed by atoms with Crippen molar-refractivity contribution in [3.63, 3.8) is 0 Å². The number of nitrogens with zero attached hydrogens (tertiary/aromatic N) is 5. The highest BCUT2D eigenvalue weighted by atomic mass is 32.2. The lowest BCUT2D eigenvalue weighted by Crippen LogP contribution is -2.54. The first-order valence-electron chi connectivity index (χ1n) is 13.7. The standard InChI is InChI=1S/C25H43N7O5S/c1-25(2,3)22(32-15-20(27-29-32)17-10-11-17)24(35)31-14-18(33)12-21(31)23(34)26-13-19(16-8-6-7-9-16)28-38(36,37)30(4)5/h15-19,21-22,28,33H,6-14H2,1-5H3,(H,26,34)/t18?,19?,21?,22-/m1/s1. The molecule has 2 amide bonds. The van der Waals surface area contributed by atoms with E-state index in [0.717, 1.165) is 48.5 Å². The summed E-state index contributed by atoms with van der Waals surface area (Å²) in [5, 5.41) is 21.9. The minimum atomic E-state index is -3.68. The molecule has 3 N–H and O–H groups in total. The molecule has 1 aromatic rings. The highest BCUT2D eigenvalue weighted by Crippen LogP contribution is 2.40. The summed E-state index contributed by atoms with van der Waals surface area (Å²) in [7, 11) is -0.756. The van der Waals surface area contributed by atoms with Crippen LogP contribution in [0.3, 0.4) is 0 Å². The Morgan fingerprint density at radius 3 is 2.42 bits per heavy atom. The molecule has 2 heterocycles. The van der Waals surface area contributed by atoms with Crippen molar-refractivity contribution in [3.8, 4) is 0 Å². The van der Waals surface area contributed by atoms with Crippen molar-refractivity contribution >= 4 is 22.0 Å². The number of likely N-dealkylation sites (tertiary alicyclic amines) is 1. The van der Waals surface area contributed by atoms with Crippen LogP contribution in [-0.2, 0) is 19.8 Å². The van der Waals surface area contributed by atoms with Gasteiger partial charge in [0.25, 0.3) is 10.2 Å². The van der Waals surface area contributed by atoms with Gasteiger partial charge in [-0.1, -0.05) is 38.8 Å². The lowest BCUT2D eigenvalue weighted by molar-refractivity contribution is -0.144. The van der Waals surface area contributed by atoms with E-state index >= 15 is 0 Å². The second-order valence-corrected chi connectivity index (χ2v) is 14.3. The molecule has 214 valence electrons. The van der Waals surface area contributed by atoms with Crippen LogP contribution in [0.15, 0.2) is 6.20 Å². The zero-order chi connectivity index (χ0) is 27.8. The number of aromatic nitrogens is 3. The van der Waals surface area contributed by atoms with Crippen molar-refractivity contribution in [1.82, 2.24) is 34.2 Å². The normalized spacial score (nSPS) is 24.7. The maximum atomic E-state index is 13.9. The Labute approximate surface area is 225 Å². The largest absolute Gasteiger partial charge is 0.391 e.